The van der Waals surface area contributed by atoms with E-state index in [0.29, 0.717) is 25.9 Å². The van der Waals surface area contributed by atoms with Gasteiger partial charge in [-0.25, -0.2) is 13.4 Å². The minimum atomic E-state index is -2.87. The first kappa shape index (κ1) is 18.4. The summed E-state index contributed by atoms with van der Waals surface area (Å²) in [5, 5.41) is 2.93. The summed E-state index contributed by atoms with van der Waals surface area (Å²) in [5.41, 5.74) is 2.93. The number of amides is 1. The molecule has 1 aromatic heterocycles. The Morgan fingerprint density at radius 2 is 2.30 bits per heavy atom. The lowest BCUT2D eigenvalue weighted by Crippen LogP contribution is -2.36. The van der Waals surface area contributed by atoms with Crippen molar-refractivity contribution in [1.82, 2.24) is 15.2 Å². The standard InChI is InChI=1S/C15H25N3O3S2/c1-12-14(22-11-17-12)4-3-7-16-15(19)5-8-18(2)13-6-9-23(20,21)10-13/h11,13H,3-10H2,1-2H3,(H,16,19)/t13-/m1/s1. The highest BCUT2D eigenvalue weighted by atomic mass is 32.2. The largest absolute Gasteiger partial charge is 0.356 e. The predicted octanol–water partition coefficient (Wildman–Crippen LogP) is 1.01. The van der Waals surface area contributed by atoms with Gasteiger partial charge in [0.2, 0.25) is 5.91 Å². The summed E-state index contributed by atoms with van der Waals surface area (Å²) >= 11 is 1.66. The lowest BCUT2D eigenvalue weighted by Gasteiger charge is -2.22. The van der Waals surface area contributed by atoms with Gasteiger partial charge in [0.25, 0.3) is 0 Å². The molecule has 0 spiro atoms. The molecule has 6 nitrogen and oxygen atoms in total. The predicted molar refractivity (Wildman–Crippen MR) is 92.5 cm³/mol. The molecule has 2 heterocycles. The smallest absolute Gasteiger partial charge is 0.221 e. The van der Waals surface area contributed by atoms with Crippen LogP contribution < -0.4 is 5.32 Å². The van der Waals surface area contributed by atoms with Gasteiger partial charge in [-0.2, -0.15) is 0 Å². The molecule has 1 atom stereocenters. The molecule has 23 heavy (non-hydrogen) atoms. The van der Waals surface area contributed by atoms with Gasteiger partial charge in [-0.1, -0.05) is 0 Å². The quantitative estimate of drug-likeness (QED) is 0.701. The Balaban J connectivity index is 1.59. The van der Waals surface area contributed by atoms with Crippen molar-refractivity contribution in [2.75, 3.05) is 31.6 Å². The molecule has 1 saturated heterocycles. The number of carbonyl (C=O) groups is 1. The Bertz CT molecular complexity index is 628. The zero-order valence-electron chi connectivity index (χ0n) is 13.7. The summed E-state index contributed by atoms with van der Waals surface area (Å²) in [6.45, 7) is 3.27. The van der Waals surface area contributed by atoms with Crippen LogP contribution in [0.15, 0.2) is 5.51 Å². The minimum Gasteiger partial charge on any atom is -0.356 e. The third-order valence-electron chi connectivity index (χ3n) is 4.27. The Kier molecular flexibility index (Phi) is 6.55. The highest BCUT2D eigenvalue weighted by molar-refractivity contribution is 7.91. The number of aryl methyl sites for hydroxylation is 2. The van der Waals surface area contributed by atoms with Crippen LogP contribution in [0, 0.1) is 6.92 Å². The zero-order valence-corrected chi connectivity index (χ0v) is 15.4. The first-order valence-electron chi connectivity index (χ1n) is 7.94. The van der Waals surface area contributed by atoms with Crippen LogP contribution in [0.5, 0.6) is 0 Å². The highest BCUT2D eigenvalue weighted by Crippen LogP contribution is 2.16. The normalized spacial score (nSPS) is 20.0. The molecule has 1 aromatic rings. The summed E-state index contributed by atoms with van der Waals surface area (Å²) in [5.74, 6) is 0.517. The minimum absolute atomic E-state index is 0.0266. The number of nitrogens with zero attached hydrogens (tertiary/aromatic N) is 2. The van der Waals surface area contributed by atoms with Gasteiger partial charge in [0.15, 0.2) is 9.84 Å². The number of hydrogen-bond acceptors (Lipinski definition) is 6. The molecule has 1 amide bonds. The lowest BCUT2D eigenvalue weighted by atomic mass is 10.2. The molecular weight excluding hydrogens is 334 g/mol. The molecule has 1 N–H and O–H groups in total. The summed E-state index contributed by atoms with van der Waals surface area (Å²) in [7, 11) is -0.974. The van der Waals surface area contributed by atoms with Crippen molar-refractivity contribution in [1.29, 1.82) is 0 Å². The molecule has 0 saturated carbocycles. The van der Waals surface area contributed by atoms with Crippen LogP contribution in [0.3, 0.4) is 0 Å². The Morgan fingerprint density at radius 1 is 1.52 bits per heavy atom. The Labute approximate surface area is 142 Å². The molecule has 0 unspecified atom stereocenters. The summed E-state index contributed by atoms with van der Waals surface area (Å²) in [4.78, 5) is 19.3. The molecule has 1 aliphatic rings. The number of carbonyl (C=O) groups excluding carboxylic acids is 1. The maximum Gasteiger partial charge on any atom is 0.221 e. The van der Waals surface area contributed by atoms with Crippen molar-refractivity contribution in [3.8, 4) is 0 Å². The molecule has 0 aliphatic carbocycles. The third-order valence-corrected chi connectivity index (χ3v) is 7.02. The van der Waals surface area contributed by atoms with Crippen molar-refractivity contribution < 1.29 is 13.2 Å². The maximum atomic E-state index is 11.9. The second kappa shape index (κ2) is 8.21. The van der Waals surface area contributed by atoms with Gasteiger partial charge >= 0.3 is 0 Å². The van der Waals surface area contributed by atoms with Crippen LogP contribution >= 0.6 is 11.3 Å². The zero-order chi connectivity index (χ0) is 16.9. The van der Waals surface area contributed by atoms with Gasteiger partial charge in [0.05, 0.1) is 22.7 Å². The molecule has 1 aliphatic heterocycles. The average molecular weight is 360 g/mol. The van der Waals surface area contributed by atoms with Gasteiger partial charge in [-0.15, -0.1) is 11.3 Å². The Morgan fingerprint density at radius 3 is 2.91 bits per heavy atom. The van der Waals surface area contributed by atoms with Crippen LogP contribution in [0.25, 0.3) is 0 Å². The number of thiazole rings is 1. The van der Waals surface area contributed by atoms with E-state index in [2.05, 4.69) is 10.3 Å². The second-order valence-corrected chi connectivity index (χ2v) is 9.27. The molecule has 0 aromatic carbocycles. The van der Waals surface area contributed by atoms with Crippen LogP contribution in [-0.4, -0.2) is 61.9 Å². The van der Waals surface area contributed by atoms with Gasteiger partial charge < -0.3 is 10.2 Å². The van der Waals surface area contributed by atoms with Crippen LogP contribution in [0.4, 0.5) is 0 Å². The maximum absolute atomic E-state index is 11.9. The fourth-order valence-electron chi connectivity index (χ4n) is 2.71. The molecule has 0 bridgehead atoms. The van der Waals surface area contributed by atoms with Crippen molar-refractivity contribution >= 4 is 27.1 Å². The van der Waals surface area contributed by atoms with E-state index in [-0.39, 0.29) is 23.5 Å². The number of hydrogen-bond donors (Lipinski definition) is 1. The van der Waals surface area contributed by atoms with E-state index in [0.717, 1.165) is 18.5 Å². The highest BCUT2D eigenvalue weighted by Gasteiger charge is 2.30. The van der Waals surface area contributed by atoms with Crippen molar-refractivity contribution in [3.05, 3.63) is 16.1 Å². The van der Waals surface area contributed by atoms with Crippen molar-refractivity contribution in [2.45, 2.75) is 38.6 Å². The lowest BCUT2D eigenvalue weighted by molar-refractivity contribution is -0.121. The Hall–Kier alpha value is -0.990. The van der Waals surface area contributed by atoms with Gasteiger partial charge in [-0.3, -0.25) is 4.79 Å². The van der Waals surface area contributed by atoms with E-state index in [1.807, 2.05) is 24.4 Å². The van der Waals surface area contributed by atoms with Gasteiger partial charge in [-0.05, 0) is 33.2 Å². The van der Waals surface area contributed by atoms with Crippen LogP contribution in [0.2, 0.25) is 0 Å². The summed E-state index contributed by atoms with van der Waals surface area (Å²) < 4.78 is 22.9. The molecule has 8 heteroatoms. The van der Waals surface area contributed by atoms with Gasteiger partial charge in [0.1, 0.15) is 0 Å². The van der Waals surface area contributed by atoms with E-state index in [1.54, 1.807) is 11.3 Å². The van der Waals surface area contributed by atoms with E-state index in [1.165, 1.54) is 4.88 Å². The number of sulfone groups is 1. The number of nitrogens with one attached hydrogen (secondary N) is 1. The van der Waals surface area contributed by atoms with Crippen LogP contribution in [-0.2, 0) is 21.1 Å². The number of aromatic nitrogens is 1. The summed E-state index contributed by atoms with van der Waals surface area (Å²) in [6, 6.07) is 0.0575. The molecule has 130 valence electrons. The fourth-order valence-corrected chi connectivity index (χ4v) is 5.34. The first-order valence-corrected chi connectivity index (χ1v) is 10.6. The molecular formula is C15H25N3O3S2. The van der Waals surface area contributed by atoms with E-state index in [4.69, 9.17) is 0 Å². The monoisotopic (exact) mass is 359 g/mol. The van der Waals surface area contributed by atoms with Crippen LogP contribution in [0.1, 0.15) is 29.8 Å². The van der Waals surface area contributed by atoms with Crippen molar-refractivity contribution in [3.63, 3.8) is 0 Å². The molecule has 0 radical (unpaired) electrons. The summed E-state index contributed by atoms with van der Waals surface area (Å²) in [6.07, 6.45) is 2.93. The topological polar surface area (TPSA) is 79.4 Å². The van der Waals surface area contributed by atoms with E-state index >= 15 is 0 Å². The second-order valence-electron chi connectivity index (χ2n) is 6.10. The molecule has 2 rings (SSSR count). The first-order chi connectivity index (χ1) is 10.9. The van der Waals surface area contributed by atoms with Crippen molar-refractivity contribution in [2.24, 2.45) is 0 Å². The van der Waals surface area contributed by atoms with Gasteiger partial charge in [0, 0.05) is 30.4 Å². The number of rotatable bonds is 8. The van der Waals surface area contributed by atoms with E-state index in [9.17, 15) is 13.2 Å². The molecule has 1 fully saturated rings. The average Bonchev–Trinajstić information content (AvgIpc) is 3.06. The SMILES string of the molecule is Cc1ncsc1CCCNC(=O)CCN(C)[C@@H]1CCS(=O)(=O)C1. The van der Waals surface area contributed by atoms with E-state index < -0.39 is 9.84 Å². The third kappa shape index (κ3) is 5.86. The fraction of sp³-hybridized carbons (Fsp3) is 0.733.